The molecule has 1 aromatic carbocycles. The second-order valence-electron chi connectivity index (χ2n) is 8.70. The van der Waals surface area contributed by atoms with Crippen LogP contribution in [-0.4, -0.2) is 50.4 Å². The van der Waals surface area contributed by atoms with Crippen LogP contribution in [0.25, 0.3) is 0 Å². The van der Waals surface area contributed by atoms with Gasteiger partial charge in [0.05, 0.1) is 28.8 Å². The highest BCUT2D eigenvalue weighted by Gasteiger charge is 2.54. The fraction of sp³-hybridized carbons (Fsp3) is 0.542. The predicted molar refractivity (Wildman–Crippen MR) is 125 cm³/mol. The van der Waals surface area contributed by atoms with Crippen molar-refractivity contribution in [1.82, 2.24) is 10.6 Å². The van der Waals surface area contributed by atoms with E-state index in [1.165, 1.54) is 6.07 Å². The zero-order chi connectivity index (χ0) is 25.1. The van der Waals surface area contributed by atoms with Crippen molar-refractivity contribution in [3.63, 3.8) is 0 Å². The van der Waals surface area contributed by atoms with E-state index in [0.717, 1.165) is 11.1 Å². The van der Waals surface area contributed by atoms with E-state index in [-0.39, 0.29) is 35.6 Å². The second-order valence-corrected chi connectivity index (χ2v) is 11.0. The van der Waals surface area contributed by atoms with Crippen LogP contribution in [0.15, 0.2) is 34.4 Å². The Kier molecular flexibility index (Phi) is 7.70. The first-order valence-corrected chi connectivity index (χ1v) is 13.0. The van der Waals surface area contributed by atoms with E-state index in [1.807, 2.05) is 13.8 Å². The molecule has 0 aromatic heterocycles. The van der Waals surface area contributed by atoms with Gasteiger partial charge in [0.2, 0.25) is 0 Å². The highest BCUT2D eigenvalue weighted by Crippen LogP contribution is 2.42. The van der Waals surface area contributed by atoms with Gasteiger partial charge in [-0.15, -0.1) is 0 Å². The molecule has 0 saturated heterocycles. The predicted octanol–water partition coefficient (Wildman–Crippen LogP) is 2.84. The third kappa shape index (κ3) is 4.68. The third-order valence-electron chi connectivity index (χ3n) is 6.58. The fourth-order valence-corrected chi connectivity index (χ4v) is 6.61. The lowest BCUT2D eigenvalue weighted by Crippen LogP contribution is -2.51. The SMILES string of the molecule is CCOC(=O)C1=C(COC(=O)C2(S(=O)(=O)c3ccc(C)c(C)c3)CCCC2)NC(=O)N[C@H]1CC. The molecule has 1 saturated carbocycles. The molecule has 1 atom stereocenters. The minimum absolute atomic E-state index is 0.0853. The van der Waals surface area contributed by atoms with Gasteiger partial charge in [0.1, 0.15) is 6.61 Å². The van der Waals surface area contributed by atoms with Gasteiger partial charge >= 0.3 is 18.0 Å². The molecule has 10 heteroatoms. The van der Waals surface area contributed by atoms with Gasteiger partial charge in [0, 0.05) is 0 Å². The Bertz CT molecular complexity index is 1120. The van der Waals surface area contributed by atoms with Gasteiger partial charge in [0.25, 0.3) is 0 Å². The Morgan fingerprint density at radius 1 is 1.09 bits per heavy atom. The average Bonchev–Trinajstić information content (AvgIpc) is 3.30. The number of sulfone groups is 1. The minimum atomic E-state index is -4.04. The van der Waals surface area contributed by atoms with E-state index in [4.69, 9.17) is 9.47 Å². The van der Waals surface area contributed by atoms with E-state index >= 15 is 0 Å². The van der Waals surface area contributed by atoms with Crippen molar-refractivity contribution >= 4 is 27.8 Å². The highest BCUT2D eigenvalue weighted by molar-refractivity contribution is 7.93. The lowest BCUT2D eigenvalue weighted by Gasteiger charge is -2.30. The van der Waals surface area contributed by atoms with Crippen molar-refractivity contribution in [2.75, 3.05) is 13.2 Å². The number of hydrogen-bond donors (Lipinski definition) is 2. The van der Waals surface area contributed by atoms with E-state index in [1.54, 1.807) is 26.0 Å². The van der Waals surface area contributed by atoms with Gasteiger partial charge in [-0.25, -0.2) is 18.0 Å². The standard InChI is InChI=1S/C24H32N2O7S/c1-5-18-20(21(27)32-6-2)19(26-23(29)25-18)14-33-22(28)24(11-7-8-12-24)34(30,31)17-10-9-15(3)16(4)13-17/h9-10,13,18H,5-8,11-12,14H2,1-4H3,(H2,25,26,29)/t18-/m0/s1. The molecule has 2 N–H and O–H groups in total. The normalized spacial score (nSPS) is 19.9. The van der Waals surface area contributed by atoms with Gasteiger partial charge < -0.3 is 20.1 Å². The van der Waals surface area contributed by atoms with E-state index in [0.29, 0.717) is 19.3 Å². The van der Waals surface area contributed by atoms with Crippen LogP contribution in [0.2, 0.25) is 0 Å². The largest absolute Gasteiger partial charge is 0.463 e. The molecule has 1 aromatic rings. The first-order chi connectivity index (χ1) is 16.1. The minimum Gasteiger partial charge on any atom is -0.463 e. The number of amides is 2. The number of ether oxygens (including phenoxy) is 2. The van der Waals surface area contributed by atoms with Crippen LogP contribution in [0, 0.1) is 13.8 Å². The van der Waals surface area contributed by atoms with Gasteiger partial charge in [-0.05, 0) is 63.3 Å². The van der Waals surface area contributed by atoms with Crippen LogP contribution in [-0.2, 0) is 28.9 Å². The lowest BCUT2D eigenvalue weighted by molar-refractivity contribution is -0.146. The zero-order valence-corrected chi connectivity index (χ0v) is 20.8. The van der Waals surface area contributed by atoms with Crippen LogP contribution >= 0.6 is 0 Å². The average molecular weight is 493 g/mol. The molecule has 1 heterocycles. The van der Waals surface area contributed by atoms with E-state index in [2.05, 4.69) is 10.6 Å². The summed E-state index contributed by atoms with van der Waals surface area (Å²) >= 11 is 0. The number of rotatable bonds is 8. The number of aryl methyl sites for hydroxylation is 2. The molecule has 3 rings (SSSR count). The molecule has 186 valence electrons. The molecule has 1 aliphatic heterocycles. The van der Waals surface area contributed by atoms with Crippen LogP contribution in [0.5, 0.6) is 0 Å². The highest BCUT2D eigenvalue weighted by atomic mass is 32.2. The van der Waals surface area contributed by atoms with Crippen LogP contribution in [0.1, 0.15) is 57.1 Å². The third-order valence-corrected chi connectivity index (χ3v) is 9.06. The van der Waals surface area contributed by atoms with Crippen molar-refractivity contribution in [2.24, 2.45) is 0 Å². The molecule has 9 nitrogen and oxygen atoms in total. The molecule has 1 fully saturated rings. The molecule has 34 heavy (non-hydrogen) atoms. The molecule has 1 aliphatic carbocycles. The quantitative estimate of drug-likeness (QED) is 0.534. The Labute approximate surface area is 200 Å². The maximum atomic E-state index is 13.7. The Balaban J connectivity index is 1.93. The molecular formula is C24H32N2O7S. The summed E-state index contributed by atoms with van der Waals surface area (Å²) in [6.45, 7) is 6.86. The Morgan fingerprint density at radius 2 is 1.76 bits per heavy atom. The maximum absolute atomic E-state index is 13.7. The fourth-order valence-electron chi connectivity index (χ4n) is 4.48. The van der Waals surface area contributed by atoms with Crippen LogP contribution in [0.3, 0.4) is 0 Å². The summed E-state index contributed by atoms with van der Waals surface area (Å²) in [5.74, 6) is -1.51. The molecule has 0 spiro atoms. The molecule has 2 aliphatic rings. The molecule has 0 radical (unpaired) electrons. The number of nitrogens with one attached hydrogen (secondary N) is 2. The monoisotopic (exact) mass is 492 g/mol. The second kappa shape index (κ2) is 10.2. The smallest absolute Gasteiger partial charge is 0.338 e. The number of esters is 2. The molecule has 2 amide bonds. The number of carbonyl (C=O) groups excluding carboxylic acids is 3. The summed E-state index contributed by atoms with van der Waals surface area (Å²) in [6.07, 6.45) is 1.87. The Hall–Kier alpha value is -2.88. The number of hydrogen-bond acceptors (Lipinski definition) is 7. The van der Waals surface area contributed by atoms with Crippen LogP contribution < -0.4 is 10.6 Å². The van der Waals surface area contributed by atoms with Gasteiger partial charge in [-0.2, -0.15) is 0 Å². The lowest BCUT2D eigenvalue weighted by atomic mass is 10.0. The molecule has 0 bridgehead atoms. The molecular weight excluding hydrogens is 460 g/mol. The first kappa shape index (κ1) is 25.7. The summed E-state index contributed by atoms with van der Waals surface area (Å²) in [6, 6.07) is 3.68. The summed E-state index contributed by atoms with van der Waals surface area (Å²) in [4.78, 5) is 38.1. The van der Waals surface area contributed by atoms with Crippen molar-refractivity contribution in [3.8, 4) is 0 Å². The van der Waals surface area contributed by atoms with E-state index in [9.17, 15) is 22.8 Å². The molecule has 0 unspecified atom stereocenters. The van der Waals surface area contributed by atoms with Gasteiger partial charge in [0.15, 0.2) is 14.6 Å². The van der Waals surface area contributed by atoms with E-state index < -0.39 is 45.2 Å². The zero-order valence-electron chi connectivity index (χ0n) is 20.0. The number of carbonyl (C=O) groups is 3. The summed E-state index contributed by atoms with van der Waals surface area (Å²) in [7, 11) is -4.04. The summed E-state index contributed by atoms with van der Waals surface area (Å²) in [5, 5.41) is 5.16. The van der Waals surface area contributed by atoms with Crippen molar-refractivity contribution in [1.29, 1.82) is 0 Å². The van der Waals surface area contributed by atoms with Gasteiger partial charge in [-0.3, -0.25) is 4.79 Å². The maximum Gasteiger partial charge on any atom is 0.338 e. The summed E-state index contributed by atoms with van der Waals surface area (Å²) in [5.41, 5.74) is 2.02. The first-order valence-electron chi connectivity index (χ1n) is 11.5. The van der Waals surface area contributed by atoms with Crippen molar-refractivity contribution in [2.45, 2.75) is 75.5 Å². The summed E-state index contributed by atoms with van der Waals surface area (Å²) < 4.78 is 36.2. The Morgan fingerprint density at radius 3 is 2.35 bits per heavy atom. The number of urea groups is 1. The van der Waals surface area contributed by atoms with Gasteiger partial charge in [-0.1, -0.05) is 25.8 Å². The van der Waals surface area contributed by atoms with Crippen molar-refractivity contribution in [3.05, 3.63) is 40.6 Å². The number of benzene rings is 1. The van der Waals surface area contributed by atoms with Crippen molar-refractivity contribution < 1.29 is 32.3 Å². The van der Waals surface area contributed by atoms with Crippen LogP contribution in [0.4, 0.5) is 4.79 Å². The topological polar surface area (TPSA) is 128 Å².